The molecule has 0 aromatic carbocycles. The maximum Gasteiger partial charge on any atom is 0.272 e. The molecule has 26 heavy (non-hydrogen) atoms. The van der Waals surface area contributed by atoms with Gasteiger partial charge in [0.15, 0.2) is 0 Å². The molecule has 1 spiro atoms. The van der Waals surface area contributed by atoms with Crippen LogP contribution in [0.4, 0.5) is 0 Å². The van der Waals surface area contributed by atoms with E-state index in [4.69, 9.17) is 14.6 Å². The van der Waals surface area contributed by atoms with Crippen LogP contribution in [0.25, 0.3) is 0 Å². The van der Waals surface area contributed by atoms with Gasteiger partial charge < -0.3 is 19.3 Å². The van der Waals surface area contributed by atoms with Crippen molar-refractivity contribution in [3.8, 4) is 0 Å². The average molecular weight is 362 g/mol. The first kappa shape index (κ1) is 17.9. The van der Waals surface area contributed by atoms with Crippen molar-refractivity contribution in [3.63, 3.8) is 0 Å². The first-order valence-electron chi connectivity index (χ1n) is 9.64. The summed E-state index contributed by atoms with van der Waals surface area (Å²) < 4.78 is 13.0. The van der Waals surface area contributed by atoms with Gasteiger partial charge in [-0.3, -0.25) is 9.48 Å². The van der Waals surface area contributed by atoms with Crippen LogP contribution in [0.2, 0.25) is 0 Å². The van der Waals surface area contributed by atoms with Crippen LogP contribution in [0.5, 0.6) is 0 Å². The molecule has 0 unspecified atom stereocenters. The number of hydrogen-bond donors (Lipinski definition) is 0. The van der Waals surface area contributed by atoms with E-state index >= 15 is 0 Å². The van der Waals surface area contributed by atoms with Crippen LogP contribution in [-0.2, 0) is 22.4 Å². The van der Waals surface area contributed by atoms with Gasteiger partial charge in [0, 0.05) is 50.7 Å². The van der Waals surface area contributed by atoms with Crippen molar-refractivity contribution >= 4 is 5.91 Å². The Kier molecular flexibility index (Phi) is 4.57. The fourth-order valence-corrected chi connectivity index (χ4v) is 4.99. The molecule has 0 radical (unpaired) electrons. The third kappa shape index (κ3) is 2.96. The summed E-state index contributed by atoms with van der Waals surface area (Å²) in [5.41, 5.74) is 3.05. The second-order valence-electron chi connectivity index (χ2n) is 8.37. The molecule has 1 aromatic heterocycles. The zero-order valence-electron chi connectivity index (χ0n) is 16.3. The van der Waals surface area contributed by atoms with Crippen molar-refractivity contribution in [1.82, 2.24) is 19.6 Å². The van der Waals surface area contributed by atoms with Crippen LogP contribution in [0.15, 0.2) is 0 Å². The van der Waals surface area contributed by atoms with Gasteiger partial charge in [-0.25, -0.2) is 0 Å². The second-order valence-corrected chi connectivity index (χ2v) is 8.37. The van der Waals surface area contributed by atoms with E-state index in [0.717, 1.165) is 56.0 Å². The largest absolute Gasteiger partial charge is 0.383 e. The zero-order chi connectivity index (χ0) is 18.5. The van der Waals surface area contributed by atoms with Gasteiger partial charge in [0.25, 0.3) is 5.91 Å². The van der Waals surface area contributed by atoms with E-state index in [1.807, 2.05) is 16.5 Å². The van der Waals surface area contributed by atoms with Gasteiger partial charge in [-0.2, -0.15) is 5.10 Å². The van der Waals surface area contributed by atoms with E-state index in [2.05, 4.69) is 18.9 Å². The molecular weight excluding hydrogens is 332 g/mol. The fourth-order valence-electron chi connectivity index (χ4n) is 4.99. The molecule has 3 aliphatic heterocycles. The van der Waals surface area contributed by atoms with Crippen molar-refractivity contribution in [2.75, 3.05) is 46.9 Å². The lowest BCUT2D eigenvalue weighted by atomic mass is 9.79. The topological polar surface area (TPSA) is 59.8 Å². The summed E-state index contributed by atoms with van der Waals surface area (Å²) in [5, 5.41) is 4.73. The number of amides is 1. The lowest BCUT2D eigenvalue weighted by Gasteiger charge is -2.46. The van der Waals surface area contributed by atoms with Crippen LogP contribution in [0.3, 0.4) is 0 Å². The van der Waals surface area contributed by atoms with Crippen molar-refractivity contribution in [1.29, 1.82) is 0 Å². The molecule has 0 aliphatic carbocycles. The molecule has 4 rings (SSSR count). The van der Waals surface area contributed by atoms with Crippen LogP contribution < -0.4 is 0 Å². The standard InChI is InChI=1S/C19H30N4O3/c1-13-9-15-16(14(2)26-13)20-23(7-8-25-4)17(15)18(24)22-6-5-19(12-22)10-21(3)11-19/h13-14H,5-12H2,1-4H3/t13-,14+/m0/s1. The Morgan fingerprint density at radius 1 is 1.35 bits per heavy atom. The lowest BCUT2D eigenvalue weighted by Crippen LogP contribution is -2.55. The van der Waals surface area contributed by atoms with Crippen LogP contribution in [0.1, 0.15) is 48.1 Å². The Bertz CT molecular complexity index is 695. The number of likely N-dealkylation sites (tertiary alicyclic amines) is 2. The molecule has 3 aliphatic rings. The summed E-state index contributed by atoms with van der Waals surface area (Å²) in [6, 6.07) is 0. The van der Waals surface area contributed by atoms with E-state index in [1.165, 1.54) is 0 Å². The van der Waals surface area contributed by atoms with Gasteiger partial charge in [0.1, 0.15) is 5.69 Å². The lowest BCUT2D eigenvalue weighted by molar-refractivity contribution is -0.00722. The number of fused-ring (bicyclic) bond motifs is 1. The monoisotopic (exact) mass is 362 g/mol. The van der Waals surface area contributed by atoms with Crippen molar-refractivity contribution in [2.45, 2.75) is 45.4 Å². The Hall–Kier alpha value is -1.44. The van der Waals surface area contributed by atoms with Gasteiger partial charge >= 0.3 is 0 Å². The number of rotatable bonds is 4. The number of hydrogen-bond acceptors (Lipinski definition) is 5. The maximum absolute atomic E-state index is 13.5. The Balaban J connectivity index is 1.63. The highest BCUT2D eigenvalue weighted by Gasteiger charge is 2.48. The predicted octanol–water partition coefficient (Wildman–Crippen LogP) is 1.33. The van der Waals surface area contributed by atoms with Crippen LogP contribution >= 0.6 is 0 Å². The van der Waals surface area contributed by atoms with Crippen LogP contribution in [0, 0.1) is 5.41 Å². The molecule has 7 heteroatoms. The summed E-state index contributed by atoms with van der Waals surface area (Å²) >= 11 is 0. The molecule has 0 bridgehead atoms. The van der Waals surface area contributed by atoms with Gasteiger partial charge in [-0.05, 0) is 27.3 Å². The minimum Gasteiger partial charge on any atom is -0.383 e. The number of ether oxygens (including phenoxy) is 2. The van der Waals surface area contributed by atoms with E-state index in [0.29, 0.717) is 18.6 Å². The maximum atomic E-state index is 13.5. The molecule has 4 heterocycles. The summed E-state index contributed by atoms with van der Waals surface area (Å²) in [7, 11) is 3.82. The minimum atomic E-state index is -0.0747. The summed E-state index contributed by atoms with van der Waals surface area (Å²) in [6.45, 7) is 9.12. The quantitative estimate of drug-likeness (QED) is 0.809. The van der Waals surface area contributed by atoms with Gasteiger partial charge in [0.05, 0.1) is 31.1 Å². The molecule has 0 N–H and O–H groups in total. The normalized spacial score (nSPS) is 27.6. The van der Waals surface area contributed by atoms with Gasteiger partial charge in [0.2, 0.25) is 0 Å². The highest BCUT2D eigenvalue weighted by Crippen LogP contribution is 2.40. The summed E-state index contributed by atoms with van der Waals surface area (Å²) in [4.78, 5) is 17.8. The molecule has 2 saturated heterocycles. The zero-order valence-corrected chi connectivity index (χ0v) is 16.3. The van der Waals surface area contributed by atoms with Crippen molar-refractivity contribution < 1.29 is 14.3 Å². The molecule has 2 atom stereocenters. The number of methoxy groups -OCH3 is 1. The predicted molar refractivity (Wildman–Crippen MR) is 97.2 cm³/mol. The number of aromatic nitrogens is 2. The first-order valence-corrected chi connectivity index (χ1v) is 9.64. The molecule has 144 valence electrons. The van der Waals surface area contributed by atoms with Gasteiger partial charge in [-0.15, -0.1) is 0 Å². The third-order valence-electron chi connectivity index (χ3n) is 6.04. The molecule has 2 fully saturated rings. The number of carbonyl (C=O) groups excluding carboxylic acids is 1. The van der Waals surface area contributed by atoms with Crippen molar-refractivity contribution in [3.05, 3.63) is 17.0 Å². The smallest absolute Gasteiger partial charge is 0.272 e. The molecule has 0 saturated carbocycles. The average Bonchev–Trinajstić information content (AvgIpc) is 3.14. The first-order chi connectivity index (χ1) is 12.4. The second kappa shape index (κ2) is 6.62. The van der Waals surface area contributed by atoms with E-state index in [-0.39, 0.29) is 18.1 Å². The Morgan fingerprint density at radius 2 is 2.12 bits per heavy atom. The Morgan fingerprint density at radius 3 is 2.81 bits per heavy atom. The van der Waals surface area contributed by atoms with E-state index in [1.54, 1.807) is 7.11 Å². The summed E-state index contributed by atoms with van der Waals surface area (Å²) in [5.74, 6) is 0.127. The highest BCUT2D eigenvalue weighted by atomic mass is 16.5. The molecule has 1 aromatic rings. The molecule has 7 nitrogen and oxygen atoms in total. The minimum absolute atomic E-state index is 0.0747. The van der Waals surface area contributed by atoms with Crippen LogP contribution in [-0.4, -0.2) is 78.5 Å². The number of carbonyl (C=O) groups is 1. The fraction of sp³-hybridized carbons (Fsp3) is 0.789. The van der Waals surface area contributed by atoms with E-state index < -0.39 is 0 Å². The van der Waals surface area contributed by atoms with E-state index in [9.17, 15) is 4.79 Å². The molecule has 1 amide bonds. The summed E-state index contributed by atoms with van der Waals surface area (Å²) in [6.07, 6.45) is 1.88. The molecular formula is C19H30N4O3. The van der Waals surface area contributed by atoms with Gasteiger partial charge in [-0.1, -0.05) is 0 Å². The number of nitrogens with zero attached hydrogens (tertiary/aromatic N) is 4. The third-order valence-corrected chi connectivity index (χ3v) is 6.04. The SMILES string of the molecule is COCCn1nc2c(c1C(=O)N1CCC3(CN(C)C3)C1)C[C@H](C)O[C@@H]2C. The Labute approximate surface area is 155 Å². The highest BCUT2D eigenvalue weighted by molar-refractivity contribution is 5.94. The van der Waals surface area contributed by atoms with Crippen molar-refractivity contribution in [2.24, 2.45) is 5.41 Å².